The van der Waals surface area contributed by atoms with Gasteiger partial charge in [0.2, 0.25) is 0 Å². The van der Waals surface area contributed by atoms with Crippen LogP contribution in [-0.4, -0.2) is 54.0 Å². The molecule has 6 nitrogen and oxygen atoms in total. The molecule has 1 spiro atoms. The molecule has 7 atom stereocenters. The summed E-state index contributed by atoms with van der Waals surface area (Å²) in [6.07, 6.45) is 5.33. The van der Waals surface area contributed by atoms with Crippen LogP contribution in [0.15, 0.2) is 0 Å². The van der Waals surface area contributed by atoms with Crippen LogP contribution in [0.4, 0.5) is 0 Å². The highest BCUT2D eigenvalue weighted by Crippen LogP contribution is 2.65. The molecule has 0 aromatic carbocycles. The molecule has 0 aromatic rings. The van der Waals surface area contributed by atoms with Crippen LogP contribution < -0.4 is 0 Å². The lowest BCUT2D eigenvalue weighted by atomic mass is 9.51. The van der Waals surface area contributed by atoms with E-state index in [2.05, 4.69) is 13.8 Å². The van der Waals surface area contributed by atoms with Crippen LogP contribution in [0.25, 0.3) is 0 Å². The molecule has 28 heavy (non-hydrogen) atoms. The molecule has 0 aromatic heterocycles. The second-order valence-corrected chi connectivity index (χ2v) is 10.0. The van der Waals surface area contributed by atoms with Gasteiger partial charge in [-0.05, 0) is 49.9 Å². The lowest BCUT2D eigenvalue weighted by Crippen LogP contribution is -2.58. The van der Waals surface area contributed by atoms with Gasteiger partial charge in [0, 0.05) is 37.2 Å². The first-order chi connectivity index (χ1) is 13.3. The van der Waals surface area contributed by atoms with Gasteiger partial charge in [0.05, 0.1) is 19.3 Å². The number of hydrogen-bond donors (Lipinski definition) is 2. The third-order valence-electron chi connectivity index (χ3n) is 8.87. The number of esters is 1. The lowest BCUT2D eigenvalue weighted by molar-refractivity contribution is -0.253. The average Bonchev–Trinajstić information content (AvgIpc) is 3.24. The van der Waals surface area contributed by atoms with E-state index in [0.717, 1.165) is 38.5 Å². The standard InChI is InChI=1S/C22H36O6/c1-14(24)28-19-17(20(2)7-4-16(25)12-15(20)13-23)5-8-21(3)18(19)6-9-22(21)26-10-11-27-22/h15-19,23,25H,4-13H2,1-3H3/t15-,16+,17?,18?,19-,20+,21+/m1/s1. The van der Waals surface area contributed by atoms with Crippen LogP contribution in [-0.2, 0) is 19.0 Å². The number of carbonyl (C=O) groups excluding carboxylic acids is 1. The van der Waals surface area contributed by atoms with E-state index in [1.165, 1.54) is 6.92 Å². The zero-order chi connectivity index (χ0) is 20.2. The molecule has 3 saturated carbocycles. The molecule has 1 aliphatic heterocycles. The summed E-state index contributed by atoms with van der Waals surface area (Å²) < 4.78 is 18.3. The number of fused-ring (bicyclic) bond motifs is 2. The fraction of sp³-hybridized carbons (Fsp3) is 0.955. The van der Waals surface area contributed by atoms with Gasteiger partial charge in [-0.2, -0.15) is 0 Å². The van der Waals surface area contributed by atoms with Gasteiger partial charge in [0.15, 0.2) is 5.79 Å². The molecule has 4 rings (SSSR count). The highest BCUT2D eigenvalue weighted by Gasteiger charge is 2.67. The number of aliphatic hydroxyl groups is 2. The summed E-state index contributed by atoms with van der Waals surface area (Å²) in [5, 5.41) is 20.2. The van der Waals surface area contributed by atoms with Crippen LogP contribution in [0, 0.1) is 28.6 Å². The zero-order valence-electron chi connectivity index (χ0n) is 17.5. The molecule has 2 N–H and O–H groups in total. The van der Waals surface area contributed by atoms with E-state index in [1.54, 1.807) is 0 Å². The summed E-state index contributed by atoms with van der Waals surface area (Å²) >= 11 is 0. The van der Waals surface area contributed by atoms with Crippen LogP contribution in [0.3, 0.4) is 0 Å². The third kappa shape index (κ3) is 2.94. The Morgan fingerprint density at radius 3 is 2.39 bits per heavy atom. The predicted octanol–water partition coefficient (Wildman–Crippen LogP) is 2.65. The van der Waals surface area contributed by atoms with Crippen molar-refractivity contribution in [3.05, 3.63) is 0 Å². The van der Waals surface area contributed by atoms with Gasteiger partial charge in [-0.25, -0.2) is 0 Å². The van der Waals surface area contributed by atoms with Crippen molar-refractivity contribution < 1.29 is 29.2 Å². The van der Waals surface area contributed by atoms with E-state index in [9.17, 15) is 15.0 Å². The quantitative estimate of drug-likeness (QED) is 0.714. The second-order valence-electron chi connectivity index (χ2n) is 10.0. The Labute approximate surface area is 167 Å². The van der Waals surface area contributed by atoms with Gasteiger partial charge in [-0.1, -0.05) is 13.8 Å². The van der Waals surface area contributed by atoms with Gasteiger partial charge in [0.25, 0.3) is 0 Å². The van der Waals surface area contributed by atoms with E-state index in [0.29, 0.717) is 19.6 Å². The maximum Gasteiger partial charge on any atom is 0.302 e. The van der Waals surface area contributed by atoms with E-state index >= 15 is 0 Å². The highest BCUT2D eigenvalue weighted by molar-refractivity contribution is 5.66. The zero-order valence-corrected chi connectivity index (χ0v) is 17.5. The maximum atomic E-state index is 12.1. The van der Waals surface area contributed by atoms with Crippen LogP contribution in [0.5, 0.6) is 0 Å². The molecular formula is C22H36O6. The van der Waals surface area contributed by atoms with E-state index in [-0.39, 0.29) is 53.4 Å². The molecule has 4 fully saturated rings. The summed E-state index contributed by atoms with van der Waals surface area (Å²) in [5.74, 6) is -0.389. The fourth-order valence-electron chi connectivity index (χ4n) is 7.19. The summed E-state index contributed by atoms with van der Waals surface area (Å²) in [4.78, 5) is 12.1. The van der Waals surface area contributed by atoms with Crippen LogP contribution in [0.2, 0.25) is 0 Å². The Morgan fingerprint density at radius 1 is 1.07 bits per heavy atom. The molecule has 0 amide bonds. The monoisotopic (exact) mass is 396 g/mol. The molecule has 1 saturated heterocycles. The SMILES string of the molecule is CC(=O)O[C@H]1C2CCC3(OCCO3)[C@@]2(C)CCC1[C@@]1(C)CC[C@H](O)C[C@@H]1CO. The Hall–Kier alpha value is -0.690. The largest absolute Gasteiger partial charge is 0.462 e. The number of carbonyl (C=O) groups is 1. The fourth-order valence-corrected chi connectivity index (χ4v) is 7.19. The van der Waals surface area contributed by atoms with Crippen LogP contribution >= 0.6 is 0 Å². The topological polar surface area (TPSA) is 85.2 Å². The van der Waals surface area contributed by atoms with Gasteiger partial charge in [-0.3, -0.25) is 4.79 Å². The maximum absolute atomic E-state index is 12.1. The number of ether oxygens (including phenoxy) is 3. The molecule has 160 valence electrons. The minimum Gasteiger partial charge on any atom is -0.462 e. The van der Waals surface area contributed by atoms with Gasteiger partial charge in [-0.15, -0.1) is 0 Å². The van der Waals surface area contributed by atoms with Gasteiger partial charge in [0.1, 0.15) is 6.10 Å². The molecule has 6 heteroatoms. The van der Waals surface area contributed by atoms with Crippen molar-refractivity contribution >= 4 is 5.97 Å². The second kappa shape index (κ2) is 7.22. The summed E-state index contributed by atoms with van der Waals surface area (Å²) in [7, 11) is 0. The van der Waals surface area contributed by atoms with E-state index in [4.69, 9.17) is 14.2 Å². The average molecular weight is 397 g/mol. The summed E-state index contributed by atoms with van der Waals surface area (Å²) in [6, 6.07) is 0. The Balaban J connectivity index is 1.67. The van der Waals surface area contributed by atoms with Crippen molar-refractivity contribution in [2.75, 3.05) is 19.8 Å². The lowest BCUT2D eigenvalue weighted by Gasteiger charge is -2.57. The third-order valence-corrected chi connectivity index (χ3v) is 8.87. The Bertz CT molecular complexity index is 602. The number of hydrogen-bond acceptors (Lipinski definition) is 6. The number of rotatable bonds is 3. The molecule has 0 radical (unpaired) electrons. The molecule has 0 bridgehead atoms. The minimum absolute atomic E-state index is 0.0259. The predicted molar refractivity (Wildman–Crippen MR) is 102 cm³/mol. The summed E-state index contributed by atoms with van der Waals surface area (Å²) in [5.41, 5.74) is -0.318. The molecule has 4 aliphatic rings. The molecular weight excluding hydrogens is 360 g/mol. The van der Waals surface area contributed by atoms with E-state index in [1.807, 2.05) is 0 Å². The first-order valence-electron chi connectivity index (χ1n) is 11.0. The molecule has 1 heterocycles. The van der Waals surface area contributed by atoms with Crippen molar-refractivity contribution in [1.29, 1.82) is 0 Å². The first-order valence-corrected chi connectivity index (χ1v) is 11.0. The summed E-state index contributed by atoms with van der Waals surface area (Å²) in [6.45, 7) is 7.30. The van der Waals surface area contributed by atoms with Gasteiger partial charge < -0.3 is 24.4 Å². The normalized spacial score (nSPS) is 47.8. The van der Waals surface area contributed by atoms with Crippen molar-refractivity contribution in [3.8, 4) is 0 Å². The number of aliphatic hydroxyl groups excluding tert-OH is 2. The molecule has 2 unspecified atom stereocenters. The van der Waals surface area contributed by atoms with Gasteiger partial charge >= 0.3 is 5.97 Å². The Morgan fingerprint density at radius 2 is 1.75 bits per heavy atom. The molecule has 3 aliphatic carbocycles. The van der Waals surface area contributed by atoms with Crippen molar-refractivity contribution in [1.82, 2.24) is 0 Å². The van der Waals surface area contributed by atoms with E-state index < -0.39 is 5.79 Å². The van der Waals surface area contributed by atoms with Crippen molar-refractivity contribution in [3.63, 3.8) is 0 Å². The van der Waals surface area contributed by atoms with Crippen molar-refractivity contribution in [2.24, 2.45) is 28.6 Å². The van der Waals surface area contributed by atoms with Crippen molar-refractivity contribution in [2.45, 2.75) is 83.7 Å². The Kier molecular flexibility index (Phi) is 5.31. The van der Waals surface area contributed by atoms with Crippen LogP contribution in [0.1, 0.15) is 65.7 Å². The highest BCUT2D eigenvalue weighted by atomic mass is 16.7. The first kappa shape index (κ1) is 20.6. The smallest absolute Gasteiger partial charge is 0.302 e. The minimum atomic E-state index is -0.541.